The third kappa shape index (κ3) is 4.36. The molecule has 0 aliphatic heterocycles. The lowest BCUT2D eigenvalue weighted by atomic mass is 10.0. The Bertz CT molecular complexity index is 652. The Labute approximate surface area is 140 Å². The minimum atomic E-state index is 0.0675. The van der Waals surface area contributed by atoms with Crippen LogP contribution in [0.25, 0.3) is 0 Å². The molecule has 2 aromatic rings. The van der Waals surface area contributed by atoms with Gasteiger partial charge in [0.25, 0.3) is 4.84 Å². The van der Waals surface area contributed by atoms with Crippen molar-refractivity contribution in [3.8, 4) is 5.75 Å². The smallest absolute Gasteiger partial charge is 0.284 e. The number of aromatic nitrogens is 2. The topological polar surface area (TPSA) is 51.0 Å². The van der Waals surface area contributed by atoms with E-state index in [1.165, 1.54) is 11.1 Å². The quantitative estimate of drug-likeness (QED) is 0.548. The fourth-order valence-electron chi connectivity index (χ4n) is 2.32. The Morgan fingerprint density at radius 2 is 2.14 bits per heavy atom. The van der Waals surface area contributed by atoms with Gasteiger partial charge in [0.2, 0.25) is 5.89 Å². The van der Waals surface area contributed by atoms with E-state index in [0.717, 1.165) is 25.0 Å². The molecule has 0 bridgehead atoms. The molecule has 1 heterocycles. The third-order valence-electron chi connectivity index (χ3n) is 3.43. The lowest BCUT2D eigenvalue weighted by Gasteiger charge is -2.20. The first-order valence-corrected chi connectivity index (χ1v) is 9.07. The second-order valence-corrected chi connectivity index (χ2v) is 6.39. The highest BCUT2D eigenvalue weighted by molar-refractivity contribution is 7.99. The van der Waals surface area contributed by atoms with Crippen molar-refractivity contribution < 1.29 is 9.15 Å². The van der Waals surface area contributed by atoms with Crippen molar-refractivity contribution in [3.63, 3.8) is 0 Å². The summed E-state index contributed by atoms with van der Waals surface area (Å²) in [6.45, 7) is 6.46. The summed E-state index contributed by atoms with van der Waals surface area (Å²) in [5.41, 5.74) is 2.73. The monoisotopic (exact) mass is 338 g/mol. The summed E-state index contributed by atoms with van der Waals surface area (Å²) in [7, 11) is 0. The molecule has 2 rings (SSSR count). The van der Waals surface area contributed by atoms with Gasteiger partial charge in [-0.1, -0.05) is 32.9 Å². The van der Waals surface area contributed by atoms with Crippen LogP contribution in [0.4, 0.5) is 0 Å². The molecule has 0 saturated heterocycles. The van der Waals surface area contributed by atoms with Crippen LogP contribution in [-0.2, 0) is 18.6 Å². The zero-order valence-electron chi connectivity index (χ0n) is 13.2. The predicted octanol–water partition coefficient (Wildman–Crippen LogP) is 4.91. The first-order chi connectivity index (χ1) is 10.7. The average molecular weight is 338 g/mol. The largest absolute Gasteiger partial charge is 0.480 e. The molecule has 0 saturated carbocycles. The van der Waals surface area contributed by atoms with Gasteiger partial charge in [-0.25, -0.2) is 5.10 Å². The summed E-state index contributed by atoms with van der Waals surface area (Å²) in [6.07, 6.45) is 2.92. The number of hydrogen-bond donors (Lipinski definition) is 1. The highest BCUT2D eigenvalue weighted by atomic mass is 32.2. The minimum absolute atomic E-state index is 0.0675. The number of nitrogens with zero attached hydrogens (tertiary/aromatic N) is 1. The normalized spacial score (nSPS) is 12.3. The van der Waals surface area contributed by atoms with E-state index in [2.05, 4.69) is 49.2 Å². The summed E-state index contributed by atoms with van der Waals surface area (Å²) in [5, 5.41) is 6.66. The van der Waals surface area contributed by atoms with Crippen LogP contribution in [0.3, 0.4) is 0 Å². The van der Waals surface area contributed by atoms with Gasteiger partial charge in [-0.3, -0.25) is 0 Å². The van der Waals surface area contributed by atoms with Gasteiger partial charge >= 0.3 is 0 Å². The number of thioether (sulfide) groups is 1. The van der Waals surface area contributed by atoms with Crippen molar-refractivity contribution in [2.24, 2.45) is 0 Å². The van der Waals surface area contributed by atoms with Crippen LogP contribution in [0.15, 0.2) is 22.6 Å². The molecule has 1 aromatic carbocycles. The lowest BCUT2D eigenvalue weighted by molar-refractivity contribution is 0.280. The highest BCUT2D eigenvalue weighted by Crippen LogP contribution is 2.29. The molecule has 1 atom stereocenters. The molecule has 0 aliphatic carbocycles. The van der Waals surface area contributed by atoms with Crippen LogP contribution in [0.2, 0.25) is 0 Å². The number of hydrogen-bond acceptors (Lipinski definition) is 5. The standard InChI is InChI=1S/C16H22N2O2S2/c1-4-11-8-7-9-13(12(11)5-2)19-15(6-3)22-10-14-17-18-16(21)20-14/h7-9,15H,4-6,10H2,1-3H3,(H,18,21). The molecule has 1 N–H and O–H groups in total. The van der Waals surface area contributed by atoms with E-state index in [1.807, 2.05) is 0 Å². The van der Waals surface area contributed by atoms with E-state index < -0.39 is 0 Å². The summed E-state index contributed by atoms with van der Waals surface area (Å²) < 4.78 is 11.5. The Hall–Kier alpha value is -1.27. The maximum absolute atomic E-state index is 6.21. The number of benzene rings is 1. The maximum Gasteiger partial charge on any atom is 0.284 e. The summed E-state index contributed by atoms with van der Waals surface area (Å²) in [5.74, 6) is 2.24. The van der Waals surface area contributed by atoms with Crippen LogP contribution in [0.1, 0.15) is 44.2 Å². The van der Waals surface area contributed by atoms with Gasteiger partial charge in [0.05, 0.1) is 5.75 Å². The van der Waals surface area contributed by atoms with Gasteiger partial charge < -0.3 is 9.15 Å². The number of nitrogens with one attached hydrogen (secondary N) is 1. The third-order valence-corrected chi connectivity index (χ3v) is 4.82. The predicted molar refractivity (Wildman–Crippen MR) is 92.9 cm³/mol. The van der Waals surface area contributed by atoms with E-state index in [0.29, 0.717) is 16.5 Å². The minimum Gasteiger partial charge on any atom is -0.480 e. The number of aromatic amines is 1. The number of ether oxygens (including phenoxy) is 1. The van der Waals surface area contributed by atoms with Crippen molar-refractivity contribution in [2.45, 2.75) is 51.2 Å². The number of rotatable bonds is 8. The number of H-pyrrole nitrogens is 1. The Kier molecular flexibility index (Phi) is 6.51. The van der Waals surface area contributed by atoms with Crippen molar-refractivity contribution >= 4 is 24.0 Å². The molecule has 0 spiro atoms. The molecule has 22 heavy (non-hydrogen) atoms. The summed E-state index contributed by atoms with van der Waals surface area (Å²) >= 11 is 6.55. The van der Waals surface area contributed by atoms with Crippen molar-refractivity contribution in [2.75, 3.05) is 0 Å². The Morgan fingerprint density at radius 1 is 1.32 bits per heavy atom. The first kappa shape index (κ1) is 17.1. The molecule has 1 aromatic heterocycles. The van der Waals surface area contributed by atoms with E-state index in [4.69, 9.17) is 21.4 Å². The fourth-order valence-corrected chi connectivity index (χ4v) is 3.32. The Balaban J connectivity index is 2.05. The molecule has 0 radical (unpaired) electrons. The Morgan fingerprint density at radius 3 is 2.73 bits per heavy atom. The van der Waals surface area contributed by atoms with Crippen molar-refractivity contribution in [1.82, 2.24) is 10.2 Å². The van der Waals surface area contributed by atoms with Gasteiger partial charge in [0.1, 0.15) is 11.2 Å². The zero-order chi connectivity index (χ0) is 15.9. The van der Waals surface area contributed by atoms with Crippen LogP contribution >= 0.6 is 24.0 Å². The van der Waals surface area contributed by atoms with Crippen LogP contribution in [0.5, 0.6) is 5.75 Å². The van der Waals surface area contributed by atoms with Gasteiger partial charge in [-0.15, -0.1) is 16.9 Å². The van der Waals surface area contributed by atoms with Crippen LogP contribution in [-0.4, -0.2) is 15.6 Å². The average Bonchev–Trinajstić information content (AvgIpc) is 2.96. The highest BCUT2D eigenvalue weighted by Gasteiger charge is 2.14. The molecule has 0 aliphatic rings. The zero-order valence-corrected chi connectivity index (χ0v) is 14.9. The molecule has 4 nitrogen and oxygen atoms in total. The van der Waals surface area contributed by atoms with E-state index in [9.17, 15) is 0 Å². The van der Waals surface area contributed by atoms with Gasteiger partial charge in [0, 0.05) is 0 Å². The summed E-state index contributed by atoms with van der Waals surface area (Å²) in [6, 6.07) is 6.30. The molecule has 0 fully saturated rings. The van der Waals surface area contributed by atoms with Crippen LogP contribution < -0.4 is 4.74 Å². The molecule has 6 heteroatoms. The first-order valence-electron chi connectivity index (χ1n) is 7.61. The second-order valence-electron chi connectivity index (χ2n) is 4.87. The number of aryl methyl sites for hydroxylation is 1. The summed E-state index contributed by atoms with van der Waals surface area (Å²) in [4.78, 5) is 0.313. The lowest BCUT2D eigenvalue weighted by Crippen LogP contribution is -2.13. The molecule has 1 unspecified atom stereocenters. The maximum atomic E-state index is 6.21. The molecular weight excluding hydrogens is 316 g/mol. The SMILES string of the molecule is CCc1cccc(OC(CC)SCc2n[nH]c(=S)o2)c1CC. The van der Waals surface area contributed by atoms with E-state index in [1.54, 1.807) is 11.8 Å². The van der Waals surface area contributed by atoms with E-state index >= 15 is 0 Å². The van der Waals surface area contributed by atoms with Gasteiger partial charge in [0.15, 0.2) is 0 Å². The van der Waals surface area contributed by atoms with E-state index in [-0.39, 0.29) is 5.44 Å². The molecular formula is C16H22N2O2S2. The van der Waals surface area contributed by atoms with Gasteiger partial charge in [-0.2, -0.15) is 0 Å². The molecule has 120 valence electrons. The second kappa shape index (κ2) is 8.39. The van der Waals surface area contributed by atoms with Crippen molar-refractivity contribution in [1.29, 1.82) is 0 Å². The molecule has 0 amide bonds. The van der Waals surface area contributed by atoms with Crippen molar-refractivity contribution in [3.05, 3.63) is 40.1 Å². The van der Waals surface area contributed by atoms with Gasteiger partial charge in [-0.05, 0) is 48.7 Å². The fraction of sp³-hybridized carbons (Fsp3) is 0.500. The van der Waals surface area contributed by atoms with Crippen LogP contribution in [0, 0.1) is 4.84 Å².